The molecule has 0 fully saturated rings. The first-order valence-corrected chi connectivity index (χ1v) is 10.9. The van der Waals surface area contributed by atoms with E-state index in [9.17, 15) is 13.2 Å². The van der Waals surface area contributed by atoms with E-state index in [1.54, 1.807) is 24.3 Å². The van der Waals surface area contributed by atoms with Gasteiger partial charge in [-0.25, -0.2) is 8.42 Å². The molecule has 29 heavy (non-hydrogen) atoms. The van der Waals surface area contributed by atoms with Crippen LogP contribution in [0.2, 0.25) is 10.0 Å². The number of nitrogens with one attached hydrogen (secondary N) is 1. The van der Waals surface area contributed by atoms with Gasteiger partial charge >= 0.3 is 0 Å². The number of anilines is 1. The molecule has 3 aromatic rings. The van der Waals surface area contributed by atoms with Crippen LogP contribution >= 0.6 is 23.2 Å². The van der Waals surface area contributed by atoms with E-state index in [0.717, 1.165) is 9.87 Å². The summed E-state index contributed by atoms with van der Waals surface area (Å²) < 4.78 is 26.6. The standard InChI is InChI=1S/C21H18Cl2N2O3S/c1-25(29(27,28)17-8-3-2-4-9-17)16-11-12-18(20(23)13-16)21(26)24-14-15-7-5-6-10-19(15)22/h2-13H,14H2,1H3,(H,24,26). The molecule has 0 aliphatic carbocycles. The minimum Gasteiger partial charge on any atom is -0.348 e. The van der Waals surface area contributed by atoms with Crippen molar-refractivity contribution in [3.63, 3.8) is 0 Å². The van der Waals surface area contributed by atoms with Crippen LogP contribution in [0.5, 0.6) is 0 Å². The highest BCUT2D eigenvalue weighted by atomic mass is 35.5. The van der Waals surface area contributed by atoms with E-state index in [0.29, 0.717) is 10.7 Å². The second-order valence-electron chi connectivity index (χ2n) is 6.22. The van der Waals surface area contributed by atoms with Gasteiger partial charge in [0.15, 0.2) is 0 Å². The van der Waals surface area contributed by atoms with E-state index in [1.165, 1.54) is 37.4 Å². The molecule has 3 aromatic carbocycles. The van der Waals surface area contributed by atoms with Gasteiger partial charge in [-0.05, 0) is 42.0 Å². The monoisotopic (exact) mass is 448 g/mol. The Morgan fingerprint density at radius 2 is 1.59 bits per heavy atom. The summed E-state index contributed by atoms with van der Waals surface area (Å²) in [5.41, 5.74) is 1.37. The lowest BCUT2D eigenvalue weighted by atomic mass is 10.1. The van der Waals surface area contributed by atoms with E-state index in [2.05, 4.69) is 5.32 Å². The van der Waals surface area contributed by atoms with Gasteiger partial charge in [0.1, 0.15) is 0 Å². The molecule has 0 aromatic heterocycles. The average molecular weight is 449 g/mol. The molecule has 0 aliphatic rings. The number of hydrogen-bond donors (Lipinski definition) is 1. The van der Waals surface area contributed by atoms with Crippen LogP contribution < -0.4 is 9.62 Å². The molecule has 0 unspecified atom stereocenters. The summed E-state index contributed by atoms with van der Waals surface area (Å²) in [6.45, 7) is 0.249. The van der Waals surface area contributed by atoms with Crippen LogP contribution in [0.25, 0.3) is 0 Å². The highest BCUT2D eigenvalue weighted by Gasteiger charge is 2.22. The van der Waals surface area contributed by atoms with Crippen molar-refractivity contribution in [1.29, 1.82) is 0 Å². The third kappa shape index (κ3) is 4.72. The zero-order valence-electron chi connectivity index (χ0n) is 15.5. The van der Waals surface area contributed by atoms with E-state index in [1.807, 2.05) is 18.2 Å². The first-order chi connectivity index (χ1) is 13.8. The summed E-state index contributed by atoms with van der Waals surface area (Å²) in [5, 5.41) is 3.47. The fourth-order valence-electron chi connectivity index (χ4n) is 2.69. The van der Waals surface area contributed by atoms with Crippen LogP contribution in [0.15, 0.2) is 77.7 Å². The molecule has 0 atom stereocenters. The number of carbonyl (C=O) groups excluding carboxylic acids is 1. The van der Waals surface area contributed by atoms with Gasteiger partial charge < -0.3 is 5.32 Å². The Kier molecular flexibility index (Phi) is 6.47. The topological polar surface area (TPSA) is 66.5 Å². The van der Waals surface area contributed by atoms with Crippen molar-refractivity contribution >= 4 is 44.8 Å². The molecule has 0 heterocycles. The first kappa shape index (κ1) is 21.2. The number of nitrogens with zero attached hydrogens (tertiary/aromatic N) is 1. The van der Waals surface area contributed by atoms with Crippen molar-refractivity contribution in [3.8, 4) is 0 Å². The Morgan fingerprint density at radius 1 is 0.931 bits per heavy atom. The zero-order valence-corrected chi connectivity index (χ0v) is 17.8. The normalized spacial score (nSPS) is 11.1. The summed E-state index contributed by atoms with van der Waals surface area (Å²) >= 11 is 12.4. The van der Waals surface area contributed by atoms with E-state index in [4.69, 9.17) is 23.2 Å². The van der Waals surface area contributed by atoms with Crippen LogP contribution in [-0.4, -0.2) is 21.4 Å². The molecule has 0 saturated heterocycles. The molecule has 0 bridgehead atoms. The van der Waals surface area contributed by atoms with Gasteiger partial charge in [0.25, 0.3) is 15.9 Å². The van der Waals surface area contributed by atoms with Crippen LogP contribution in [-0.2, 0) is 16.6 Å². The maximum Gasteiger partial charge on any atom is 0.264 e. The third-order valence-electron chi connectivity index (χ3n) is 4.36. The lowest BCUT2D eigenvalue weighted by molar-refractivity contribution is 0.0951. The van der Waals surface area contributed by atoms with Gasteiger partial charge in [-0.15, -0.1) is 0 Å². The van der Waals surface area contributed by atoms with Crippen molar-refractivity contribution in [2.75, 3.05) is 11.4 Å². The van der Waals surface area contributed by atoms with Gasteiger partial charge in [0.2, 0.25) is 0 Å². The maximum absolute atomic E-state index is 12.7. The van der Waals surface area contributed by atoms with E-state index >= 15 is 0 Å². The highest BCUT2D eigenvalue weighted by molar-refractivity contribution is 7.92. The van der Waals surface area contributed by atoms with Gasteiger partial charge in [-0.3, -0.25) is 9.10 Å². The van der Waals surface area contributed by atoms with Gasteiger partial charge in [0.05, 0.1) is 21.2 Å². The smallest absolute Gasteiger partial charge is 0.264 e. The Hall–Kier alpha value is -2.54. The van der Waals surface area contributed by atoms with Crippen LogP contribution in [0, 0.1) is 0 Å². The lowest BCUT2D eigenvalue weighted by Gasteiger charge is -2.20. The van der Waals surface area contributed by atoms with Crippen LogP contribution in [0.1, 0.15) is 15.9 Å². The molecule has 0 aliphatic heterocycles. The average Bonchev–Trinajstić information content (AvgIpc) is 2.73. The number of sulfonamides is 1. The van der Waals surface area contributed by atoms with Crippen molar-refractivity contribution in [2.24, 2.45) is 0 Å². The van der Waals surface area contributed by atoms with Crippen LogP contribution in [0.4, 0.5) is 5.69 Å². The Bertz CT molecular complexity index is 1140. The molecule has 150 valence electrons. The minimum absolute atomic E-state index is 0.147. The summed E-state index contributed by atoms with van der Waals surface area (Å²) in [5.74, 6) is -0.380. The molecule has 1 amide bonds. The molecule has 5 nitrogen and oxygen atoms in total. The van der Waals surface area contributed by atoms with Gasteiger partial charge in [-0.1, -0.05) is 59.6 Å². The van der Waals surface area contributed by atoms with Crippen LogP contribution in [0.3, 0.4) is 0 Å². The van der Waals surface area contributed by atoms with Crippen molar-refractivity contribution < 1.29 is 13.2 Å². The number of halogens is 2. The number of hydrogen-bond acceptors (Lipinski definition) is 3. The highest BCUT2D eigenvalue weighted by Crippen LogP contribution is 2.27. The SMILES string of the molecule is CN(c1ccc(C(=O)NCc2ccccc2Cl)c(Cl)c1)S(=O)(=O)c1ccccc1. The quantitative estimate of drug-likeness (QED) is 0.591. The third-order valence-corrected chi connectivity index (χ3v) is 6.84. The number of carbonyl (C=O) groups is 1. The fourth-order valence-corrected chi connectivity index (χ4v) is 4.36. The molecule has 0 spiro atoms. The second-order valence-corrected chi connectivity index (χ2v) is 9.01. The summed E-state index contributed by atoms with van der Waals surface area (Å²) in [6, 6.07) is 19.8. The number of amides is 1. The van der Waals surface area contributed by atoms with E-state index in [-0.39, 0.29) is 27.9 Å². The predicted molar refractivity (Wildman–Crippen MR) is 116 cm³/mol. The lowest BCUT2D eigenvalue weighted by Crippen LogP contribution is -2.27. The fraction of sp³-hybridized carbons (Fsp3) is 0.0952. The second kappa shape index (κ2) is 8.86. The Morgan fingerprint density at radius 3 is 2.24 bits per heavy atom. The summed E-state index contributed by atoms with van der Waals surface area (Å²) in [7, 11) is -2.30. The van der Waals surface area contributed by atoms with Crippen molar-refractivity contribution in [3.05, 3.63) is 94.0 Å². The molecule has 3 rings (SSSR count). The molecular weight excluding hydrogens is 431 g/mol. The Labute approximate surface area is 179 Å². The van der Waals surface area contributed by atoms with Crippen molar-refractivity contribution in [1.82, 2.24) is 5.32 Å². The predicted octanol–water partition coefficient (Wildman–Crippen LogP) is 4.75. The first-order valence-electron chi connectivity index (χ1n) is 8.66. The summed E-state index contributed by atoms with van der Waals surface area (Å²) in [4.78, 5) is 12.6. The summed E-state index contributed by atoms with van der Waals surface area (Å²) in [6.07, 6.45) is 0. The largest absolute Gasteiger partial charge is 0.348 e. The molecule has 1 N–H and O–H groups in total. The maximum atomic E-state index is 12.7. The van der Waals surface area contributed by atoms with Gasteiger partial charge in [0, 0.05) is 18.6 Å². The zero-order chi connectivity index (χ0) is 21.0. The Balaban J connectivity index is 1.77. The number of benzene rings is 3. The minimum atomic E-state index is -3.73. The van der Waals surface area contributed by atoms with Crippen molar-refractivity contribution in [2.45, 2.75) is 11.4 Å². The molecule has 8 heteroatoms. The van der Waals surface area contributed by atoms with Gasteiger partial charge in [-0.2, -0.15) is 0 Å². The molecular formula is C21H18Cl2N2O3S. The molecule has 0 radical (unpaired) electrons. The van der Waals surface area contributed by atoms with E-state index < -0.39 is 10.0 Å². The molecule has 0 saturated carbocycles. The number of rotatable bonds is 6.